The first kappa shape index (κ1) is 8.24. The first-order chi connectivity index (χ1) is 5.81. The van der Waals surface area contributed by atoms with E-state index < -0.39 is 0 Å². The summed E-state index contributed by atoms with van der Waals surface area (Å²) in [5.74, 6) is 1.30. The fraction of sp³-hybridized carbons (Fsp3) is 0.900. The van der Waals surface area contributed by atoms with E-state index in [1.807, 2.05) is 0 Å². The van der Waals surface area contributed by atoms with Gasteiger partial charge in [0, 0.05) is 12.5 Å². The van der Waals surface area contributed by atoms with Crippen molar-refractivity contribution in [2.24, 2.45) is 5.92 Å². The molecule has 0 bridgehead atoms. The number of ketones is 1. The van der Waals surface area contributed by atoms with Gasteiger partial charge in [0.2, 0.25) is 0 Å². The zero-order valence-electron chi connectivity index (χ0n) is 7.68. The Morgan fingerprint density at radius 3 is 2.92 bits per heavy atom. The number of hydrogen-bond acceptors (Lipinski definition) is 2. The van der Waals surface area contributed by atoms with Gasteiger partial charge < -0.3 is 5.32 Å². The third-order valence-corrected chi connectivity index (χ3v) is 3.04. The maximum atomic E-state index is 11.5. The van der Waals surface area contributed by atoms with Crippen molar-refractivity contribution in [2.45, 2.75) is 51.1 Å². The number of hydrogen-bond donors (Lipinski definition) is 1. The van der Waals surface area contributed by atoms with Crippen molar-refractivity contribution in [2.75, 3.05) is 0 Å². The van der Waals surface area contributed by atoms with Crippen LogP contribution in [0.15, 0.2) is 0 Å². The van der Waals surface area contributed by atoms with Crippen molar-refractivity contribution in [3.63, 3.8) is 0 Å². The van der Waals surface area contributed by atoms with Crippen molar-refractivity contribution in [3.05, 3.63) is 0 Å². The third-order valence-electron chi connectivity index (χ3n) is 3.04. The van der Waals surface area contributed by atoms with Gasteiger partial charge in [-0.25, -0.2) is 0 Å². The lowest BCUT2D eigenvalue weighted by Crippen LogP contribution is -2.33. The average Bonchev–Trinajstić information content (AvgIpc) is 2.69. The highest BCUT2D eigenvalue weighted by molar-refractivity contribution is 5.84. The van der Waals surface area contributed by atoms with Crippen LogP contribution >= 0.6 is 0 Å². The zero-order chi connectivity index (χ0) is 8.55. The molecular formula is C10H17NO. The van der Waals surface area contributed by atoms with Crippen LogP contribution < -0.4 is 5.32 Å². The minimum absolute atomic E-state index is 0.222. The van der Waals surface area contributed by atoms with Crippen LogP contribution in [0.1, 0.15) is 39.0 Å². The van der Waals surface area contributed by atoms with Crippen molar-refractivity contribution in [3.8, 4) is 0 Å². The maximum Gasteiger partial charge on any atom is 0.149 e. The van der Waals surface area contributed by atoms with Crippen LogP contribution in [0.25, 0.3) is 0 Å². The lowest BCUT2D eigenvalue weighted by Gasteiger charge is -2.10. The Kier molecular flexibility index (Phi) is 2.18. The lowest BCUT2D eigenvalue weighted by atomic mass is 10.0. The number of unbranched alkanes of at least 4 members (excludes halogenated alkanes) is 1. The number of carbonyl (C=O) groups excluding carboxylic acids is 1. The van der Waals surface area contributed by atoms with Crippen LogP contribution in [0.4, 0.5) is 0 Å². The van der Waals surface area contributed by atoms with Crippen LogP contribution in [0.2, 0.25) is 0 Å². The summed E-state index contributed by atoms with van der Waals surface area (Å²) in [5.41, 5.74) is 0. The number of fused-ring (bicyclic) bond motifs is 1. The Balaban J connectivity index is 1.73. The van der Waals surface area contributed by atoms with Gasteiger partial charge in [0.05, 0.1) is 6.04 Å². The molecule has 1 heterocycles. The summed E-state index contributed by atoms with van der Waals surface area (Å²) in [6.45, 7) is 2.13. The van der Waals surface area contributed by atoms with Crippen LogP contribution in [0.3, 0.4) is 0 Å². The Labute approximate surface area is 73.7 Å². The molecule has 2 nitrogen and oxygen atoms in total. The molecule has 68 valence electrons. The number of rotatable bonds is 4. The number of piperidine rings is 1. The van der Waals surface area contributed by atoms with Gasteiger partial charge in [-0.3, -0.25) is 4.79 Å². The van der Waals surface area contributed by atoms with Crippen molar-refractivity contribution in [1.29, 1.82) is 0 Å². The molecule has 0 spiro atoms. The molecule has 1 saturated heterocycles. The summed E-state index contributed by atoms with van der Waals surface area (Å²) in [5, 5.41) is 3.39. The lowest BCUT2D eigenvalue weighted by molar-refractivity contribution is -0.121. The Hall–Kier alpha value is -0.370. The standard InChI is InChI=1S/C10H17NO/c1-2-3-4-10(12)9-6-7-5-8(7)11-9/h7-9,11H,2-6H2,1H3. The van der Waals surface area contributed by atoms with Crippen molar-refractivity contribution >= 4 is 5.78 Å². The first-order valence-electron chi connectivity index (χ1n) is 5.10. The summed E-state index contributed by atoms with van der Waals surface area (Å²) in [4.78, 5) is 11.5. The Morgan fingerprint density at radius 1 is 1.50 bits per heavy atom. The molecule has 0 amide bonds. The molecular weight excluding hydrogens is 150 g/mol. The molecule has 1 aliphatic carbocycles. The Bertz CT molecular complexity index is 180. The van der Waals surface area contributed by atoms with E-state index in [9.17, 15) is 4.79 Å². The summed E-state index contributed by atoms with van der Waals surface area (Å²) < 4.78 is 0. The van der Waals surface area contributed by atoms with Crippen molar-refractivity contribution < 1.29 is 4.79 Å². The van der Waals surface area contributed by atoms with Gasteiger partial charge in [0.25, 0.3) is 0 Å². The van der Waals surface area contributed by atoms with Crippen LogP contribution in [-0.2, 0) is 4.79 Å². The number of carbonyl (C=O) groups is 1. The summed E-state index contributed by atoms with van der Waals surface area (Å²) in [6, 6.07) is 0.931. The van der Waals surface area contributed by atoms with Gasteiger partial charge in [-0.05, 0) is 25.2 Å². The molecule has 0 aromatic rings. The van der Waals surface area contributed by atoms with Gasteiger partial charge in [-0.2, -0.15) is 0 Å². The molecule has 3 unspecified atom stereocenters. The SMILES string of the molecule is CCCCC(=O)C1CC2CC2N1. The van der Waals surface area contributed by atoms with Crippen molar-refractivity contribution in [1.82, 2.24) is 5.32 Å². The summed E-state index contributed by atoms with van der Waals surface area (Å²) >= 11 is 0. The monoisotopic (exact) mass is 167 g/mol. The maximum absolute atomic E-state index is 11.5. The van der Waals surface area contributed by atoms with E-state index in [1.54, 1.807) is 0 Å². The van der Waals surface area contributed by atoms with Crippen LogP contribution in [0.5, 0.6) is 0 Å². The third kappa shape index (κ3) is 1.53. The predicted molar refractivity (Wildman–Crippen MR) is 48.0 cm³/mol. The van der Waals surface area contributed by atoms with Crippen LogP contribution in [0, 0.1) is 5.92 Å². The molecule has 2 aliphatic rings. The Morgan fingerprint density at radius 2 is 2.33 bits per heavy atom. The molecule has 1 saturated carbocycles. The summed E-state index contributed by atoms with van der Waals surface area (Å²) in [6.07, 6.45) is 5.41. The molecule has 2 rings (SSSR count). The molecule has 1 aliphatic heterocycles. The first-order valence-corrected chi connectivity index (χ1v) is 5.10. The van der Waals surface area contributed by atoms with Gasteiger partial charge in [0.15, 0.2) is 0 Å². The van der Waals surface area contributed by atoms with Gasteiger partial charge in [0.1, 0.15) is 5.78 Å². The molecule has 2 fully saturated rings. The minimum atomic E-state index is 0.222. The van der Waals surface area contributed by atoms with E-state index in [-0.39, 0.29) is 6.04 Å². The molecule has 0 aromatic carbocycles. The average molecular weight is 167 g/mol. The highest BCUT2D eigenvalue weighted by Crippen LogP contribution is 2.41. The zero-order valence-corrected chi connectivity index (χ0v) is 7.68. The smallest absolute Gasteiger partial charge is 0.149 e. The quantitative estimate of drug-likeness (QED) is 0.687. The van der Waals surface area contributed by atoms with E-state index in [2.05, 4.69) is 12.2 Å². The molecule has 1 N–H and O–H groups in total. The molecule has 0 radical (unpaired) electrons. The number of nitrogens with one attached hydrogen (secondary N) is 1. The second-order valence-corrected chi connectivity index (χ2v) is 4.13. The number of Topliss-reactive ketones (excluding diaryl/α,β-unsaturated/α-hetero) is 1. The van der Waals surface area contributed by atoms with Gasteiger partial charge >= 0.3 is 0 Å². The van der Waals surface area contributed by atoms with E-state index in [1.165, 1.54) is 6.42 Å². The van der Waals surface area contributed by atoms with Gasteiger partial charge in [-0.15, -0.1) is 0 Å². The topological polar surface area (TPSA) is 29.1 Å². The second kappa shape index (κ2) is 3.17. The summed E-state index contributed by atoms with van der Waals surface area (Å²) in [7, 11) is 0. The fourth-order valence-corrected chi connectivity index (χ4v) is 2.09. The highest BCUT2D eigenvalue weighted by Gasteiger charge is 2.47. The predicted octanol–water partition coefficient (Wildman–Crippen LogP) is 1.50. The minimum Gasteiger partial charge on any atom is -0.304 e. The van der Waals surface area contributed by atoms with Gasteiger partial charge in [-0.1, -0.05) is 13.3 Å². The van der Waals surface area contributed by atoms with E-state index >= 15 is 0 Å². The fourth-order valence-electron chi connectivity index (χ4n) is 2.09. The molecule has 12 heavy (non-hydrogen) atoms. The van der Waals surface area contributed by atoms with E-state index in [4.69, 9.17) is 0 Å². The van der Waals surface area contributed by atoms with Crippen LogP contribution in [-0.4, -0.2) is 17.9 Å². The largest absolute Gasteiger partial charge is 0.304 e. The highest BCUT2D eigenvalue weighted by atomic mass is 16.1. The molecule has 2 heteroatoms. The second-order valence-electron chi connectivity index (χ2n) is 4.13. The molecule has 0 aromatic heterocycles. The molecule has 3 atom stereocenters. The van der Waals surface area contributed by atoms with E-state index in [0.29, 0.717) is 11.8 Å². The van der Waals surface area contributed by atoms with E-state index in [0.717, 1.165) is 31.6 Å². The normalized spacial score (nSPS) is 37.9.